The lowest BCUT2D eigenvalue weighted by atomic mass is 9.82. The molecule has 0 bridgehead atoms. The van der Waals surface area contributed by atoms with Crippen molar-refractivity contribution in [1.82, 2.24) is 0 Å². The van der Waals surface area contributed by atoms with Crippen molar-refractivity contribution in [2.24, 2.45) is 0 Å². The van der Waals surface area contributed by atoms with Crippen LogP contribution in [0.2, 0.25) is 0 Å². The summed E-state index contributed by atoms with van der Waals surface area (Å²) >= 11 is 0. The quantitative estimate of drug-likeness (QED) is 0.135. The van der Waals surface area contributed by atoms with Gasteiger partial charge in [0.1, 0.15) is 22.3 Å². The molecule has 0 amide bonds. The van der Waals surface area contributed by atoms with Crippen molar-refractivity contribution in [3.63, 3.8) is 0 Å². The van der Waals surface area contributed by atoms with E-state index in [4.69, 9.17) is 8.83 Å². The zero-order valence-electron chi connectivity index (χ0n) is 59.8. The Hall–Kier alpha value is -14.4. The Morgan fingerprint density at radius 2 is 0.545 bits per heavy atom. The molecule has 2 heteroatoms. The molecule has 0 saturated carbocycles. The van der Waals surface area contributed by atoms with Crippen LogP contribution in [0.25, 0.3) is 241 Å². The molecule has 508 valence electrons. The fraction of sp³-hybridized carbons (Fsp3) is 0. The molecular formula is C108H64O2. The van der Waals surface area contributed by atoms with E-state index in [1.807, 2.05) is 0 Å². The average Bonchev–Trinajstić information content (AvgIpc) is 1.42. The molecule has 0 N–H and O–H groups in total. The van der Waals surface area contributed by atoms with E-state index in [1.54, 1.807) is 0 Å². The summed E-state index contributed by atoms with van der Waals surface area (Å²) in [5.74, 6) is 0. The van der Waals surface area contributed by atoms with E-state index < -0.39 is 0 Å². The minimum Gasteiger partial charge on any atom is -0.455 e. The third-order valence-electron chi connectivity index (χ3n) is 23.6. The first kappa shape index (κ1) is 61.8. The molecule has 2 heterocycles. The molecule has 0 atom stereocenters. The van der Waals surface area contributed by atoms with E-state index in [1.165, 1.54) is 148 Å². The maximum absolute atomic E-state index is 7.29. The van der Waals surface area contributed by atoms with Crippen molar-refractivity contribution in [3.05, 3.63) is 388 Å². The predicted molar refractivity (Wildman–Crippen MR) is 467 cm³/mol. The van der Waals surface area contributed by atoms with Crippen LogP contribution < -0.4 is 0 Å². The number of fused-ring (bicyclic) bond motifs is 16. The fourth-order valence-electron chi connectivity index (χ4n) is 18.7. The van der Waals surface area contributed by atoms with Crippen LogP contribution in [-0.4, -0.2) is 0 Å². The molecule has 0 radical (unpaired) electrons. The van der Waals surface area contributed by atoms with Crippen LogP contribution in [0, 0.1) is 0 Å². The first-order chi connectivity index (χ1) is 54.6. The molecule has 0 aliphatic heterocycles. The Balaban J connectivity index is 0.609. The molecule has 0 unspecified atom stereocenters. The highest BCUT2D eigenvalue weighted by Crippen LogP contribution is 2.54. The van der Waals surface area contributed by atoms with Crippen molar-refractivity contribution >= 4 is 141 Å². The normalized spacial score (nSPS) is 12.0. The molecule has 23 rings (SSSR count). The standard InChI is InChI=1S/C108H64O2/c1-2-23-65(24-3-1)73-54-58-98-96(62-73)104-97(63-75-27-7-9-33-82(75)108(104)109-98)102-88-38-14-12-36-86(88)100(87-37-13-15-39-89(87)102)85-45-21-31-74-61-72(53-55-79(74)85)71-30-20-29-70(59-71)67-47-50-68(51-48-67)81-44-22-46-95-105-99(110-107(81)95)64-76-28-6-8-32-80(76)106(105)103-92-42-18-16-40-90(92)101(91-41-17-19-43-93(91)103)94-57-56-78(83-34-10-11-35-84(83)94)77-52-49-66-25-4-5-26-69(66)60-77/h1-64H. The highest BCUT2D eigenvalue weighted by Gasteiger charge is 2.27. The Kier molecular flexibility index (Phi) is 13.8. The summed E-state index contributed by atoms with van der Waals surface area (Å²) in [5.41, 5.74) is 24.7. The second-order valence-electron chi connectivity index (χ2n) is 29.5. The van der Waals surface area contributed by atoms with Gasteiger partial charge < -0.3 is 8.83 Å². The molecule has 0 aliphatic carbocycles. The Morgan fingerprint density at radius 1 is 0.136 bits per heavy atom. The molecule has 2 nitrogen and oxygen atoms in total. The van der Waals surface area contributed by atoms with Crippen LogP contribution in [0.5, 0.6) is 0 Å². The zero-order chi connectivity index (χ0) is 72.1. The first-order valence-electron chi connectivity index (χ1n) is 38.0. The molecule has 0 spiro atoms. The smallest absolute Gasteiger partial charge is 0.143 e. The van der Waals surface area contributed by atoms with Gasteiger partial charge in [-0.2, -0.15) is 0 Å². The summed E-state index contributed by atoms with van der Waals surface area (Å²) in [6.45, 7) is 0. The van der Waals surface area contributed by atoms with Crippen molar-refractivity contribution in [2.75, 3.05) is 0 Å². The second kappa shape index (κ2) is 24.6. The van der Waals surface area contributed by atoms with Crippen molar-refractivity contribution in [1.29, 1.82) is 0 Å². The fourth-order valence-corrected chi connectivity index (χ4v) is 18.7. The van der Waals surface area contributed by atoms with Crippen LogP contribution in [0.1, 0.15) is 0 Å². The van der Waals surface area contributed by atoms with Gasteiger partial charge in [-0.05, 0) is 223 Å². The van der Waals surface area contributed by atoms with Gasteiger partial charge in [-0.1, -0.05) is 346 Å². The van der Waals surface area contributed by atoms with Crippen LogP contribution in [-0.2, 0) is 0 Å². The summed E-state index contributed by atoms with van der Waals surface area (Å²) < 4.78 is 14.2. The summed E-state index contributed by atoms with van der Waals surface area (Å²) in [6, 6.07) is 143. The monoisotopic (exact) mass is 1390 g/mol. The van der Waals surface area contributed by atoms with E-state index in [0.29, 0.717) is 0 Å². The van der Waals surface area contributed by atoms with Crippen LogP contribution in [0.4, 0.5) is 0 Å². The number of benzene rings is 21. The largest absolute Gasteiger partial charge is 0.455 e. The minimum atomic E-state index is 0.865. The summed E-state index contributed by atoms with van der Waals surface area (Å²) in [5, 5.41) is 26.0. The lowest BCUT2D eigenvalue weighted by molar-refractivity contribution is 0.670. The highest BCUT2D eigenvalue weighted by atomic mass is 16.3. The van der Waals surface area contributed by atoms with Gasteiger partial charge in [0.25, 0.3) is 0 Å². The molecular weight excluding hydrogens is 1330 g/mol. The maximum Gasteiger partial charge on any atom is 0.143 e. The van der Waals surface area contributed by atoms with Gasteiger partial charge >= 0.3 is 0 Å². The van der Waals surface area contributed by atoms with Crippen LogP contribution in [0.15, 0.2) is 397 Å². The predicted octanol–water partition coefficient (Wildman–Crippen LogP) is 30.9. The SMILES string of the molecule is c1ccc(-c2ccc3oc4c5ccccc5cc(-c5c6ccccc6c(-c6cccc7cc(-c8cccc(-c9ccc(-c%10cccc%11c%10oc%10cc%12ccccc%12c(-c%12c%13ccccc%13c(-c%13ccc(-c%14ccc%15ccccc%15c%14)c%14ccccc%13%14)c%13ccccc%12%13)c%10%11)cc9)c8)ccc67)c6ccccc56)c4c3c2)cc1. The van der Waals surface area contributed by atoms with E-state index in [-0.39, 0.29) is 0 Å². The van der Waals surface area contributed by atoms with E-state index >= 15 is 0 Å². The second-order valence-corrected chi connectivity index (χ2v) is 29.5. The lowest BCUT2D eigenvalue weighted by Crippen LogP contribution is -1.93. The third-order valence-corrected chi connectivity index (χ3v) is 23.6. The highest BCUT2D eigenvalue weighted by molar-refractivity contribution is 6.33. The van der Waals surface area contributed by atoms with Crippen molar-refractivity contribution in [2.45, 2.75) is 0 Å². The maximum atomic E-state index is 7.29. The van der Waals surface area contributed by atoms with E-state index in [9.17, 15) is 0 Å². The minimum absolute atomic E-state index is 0.865. The lowest BCUT2D eigenvalue weighted by Gasteiger charge is -2.21. The molecule has 110 heavy (non-hydrogen) atoms. The topological polar surface area (TPSA) is 26.3 Å². The molecule has 0 aliphatic rings. The number of furan rings is 2. The number of para-hydroxylation sites is 1. The Labute approximate surface area is 633 Å². The Bertz CT molecular complexity index is 7710. The molecule has 23 aromatic rings. The molecule has 0 fully saturated rings. The number of hydrogen-bond donors (Lipinski definition) is 0. The van der Waals surface area contributed by atoms with Gasteiger partial charge in [0.05, 0.1) is 0 Å². The van der Waals surface area contributed by atoms with E-state index in [0.717, 1.165) is 93.4 Å². The van der Waals surface area contributed by atoms with Crippen LogP contribution >= 0.6 is 0 Å². The van der Waals surface area contributed by atoms with Gasteiger partial charge in [0, 0.05) is 38.1 Å². The zero-order valence-corrected chi connectivity index (χ0v) is 59.8. The van der Waals surface area contributed by atoms with Gasteiger partial charge in [0.2, 0.25) is 0 Å². The van der Waals surface area contributed by atoms with Crippen molar-refractivity contribution in [3.8, 4) is 100 Å². The first-order valence-corrected chi connectivity index (χ1v) is 38.0. The van der Waals surface area contributed by atoms with Gasteiger partial charge in [0.15, 0.2) is 0 Å². The van der Waals surface area contributed by atoms with Crippen molar-refractivity contribution < 1.29 is 8.83 Å². The third kappa shape index (κ3) is 9.56. The van der Waals surface area contributed by atoms with E-state index in [2.05, 4.69) is 388 Å². The number of rotatable bonds is 9. The van der Waals surface area contributed by atoms with Gasteiger partial charge in [-0.25, -0.2) is 0 Å². The average molecular weight is 1390 g/mol. The number of hydrogen-bond acceptors (Lipinski definition) is 2. The summed E-state index contributed by atoms with van der Waals surface area (Å²) in [7, 11) is 0. The Morgan fingerprint density at radius 3 is 1.23 bits per heavy atom. The summed E-state index contributed by atoms with van der Waals surface area (Å²) in [4.78, 5) is 0. The van der Waals surface area contributed by atoms with Gasteiger partial charge in [-0.3, -0.25) is 0 Å². The van der Waals surface area contributed by atoms with Gasteiger partial charge in [-0.15, -0.1) is 0 Å². The van der Waals surface area contributed by atoms with Crippen LogP contribution in [0.3, 0.4) is 0 Å². The molecule has 21 aromatic carbocycles. The molecule has 0 saturated heterocycles. The molecule has 2 aromatic heterocycles. The summed E-state index contributed by atoms with van der Waals surface area (Å²) in [6.07, 6.45) is 0.